The van der Waals surface area contributed by atoms with Gasteiger partial charge >= 0.3 is 0 Å². The highest BCUT2D eigenvalue weighted by Crippen LogP contribution is 2.51. The summed E-state index contributed by atoms with van der Waals surface area (Å²) in [5.41, 5.74) is 1.11. The van der Waals surface area contributed by atoms with Crippen LogP contribution in [0, 0.1) is 5.82 Å². The van der Waals surface area contributed by atoms with Crippen LogP contribution in [0.25, 0.3) is 0 Å². The molecule has 0 N–H and O–H groups in total. The van der Waals surface area contributed by atoms with Gasteiger partial charge in [0, 0.05) is 12.1 Å². The van der Waals surface area contributed by atoms with Crippen LogP contribution in [0.1, 0.15) is 24.1 Å². The average Bonchev–Trinajstić information content (AvgIpc) is 3.21. The molecule has 2 heterocycles. The number of fused-ring (bicyclic) bond motifs is 1. The van der Waals surface area contributed by atoms with Crippen LogP contribution in [0.5, 0.6) is 11.5 Å². The smallest absolute Gasteiger partial charge is 0.231 e. The van der Waals surface area contributed by atoms with E-state index in [0.29, 0.717) is 17.2 Å². The van der Waals surface area contributed by atoms with E-state index < -0.39 is 11.2 Å². The van der Waals surface area contributed by atoms with Gasteiger partial charge in [-0.1, -0.05) is 6.07 Å². The zero-order chi connectivity index (χ0) is 15.2. The Kier molecular flexibility index (Phi) is 2.89. The minimum Gasteiger partial charge on any atom is -0.454 e. The maximum atomic E-state index is 12.9. The fourth-order valence-electron chi connectivity index (χ4n) is 2.89. The van der Waals surface area contributed by atoms with Crippen molar-refractivity contribution in [2.24, 2.45) is 0 Å². The zero-order valence-electron chi connectivity index (χ0n) is 11.8. The van der Waals surface area contributed by atoms with E-state index in [1.807, 2.05) is 18.2 Å². The number of nitrogens with zero attached hydrogens (tertiary/aromatic N) is 1. The van der Waals surface area contributed by atoms with E-state index in [9.17, 15) is 9.18 Å². The van der Waals surface area contributed by atoms with Crippen molar-refractivity contribution in [2.75, 3.05) is 6.79 Å². The molecule has 1 aliphatic carbocycles. The predicted molar refractivity (Wildman–Crippen MR) is 76.4 cm³/mol. The second-order valence-electron chi connectivity index (χ2n) is 5.72. The Labute approximate surface area is 126 Å². The first kappa shape index (κ1) is 13.2. The number of ether oxygens (including phenoxy) is 2. The van der Waals surface area contributed by atoms with Gasteiger partial charge in [0.2, 0.25) is 6.79 Å². The molecule has 2 aliphatic rings. The van der Waals surface area contributed by atoms with Crippen LogP contribution >= 0.6 is 0 Å². The second-order valence-corrected chi connectivity index (χ2v) is 5.72. The number of carbonyl (C=O) groups is 1. The number of carbonyl (C=O) groups excluding carboxylic acids is 1. The number of aromatic nitrogens is 1. The first-order valence-corrected chi connectivity index (χ1v) is 7.21. The molecule has 1 aromatic heterocycles. The molecule has 0 spiro atoms. The van der Waals surface area contributed by atoms with Crippen molar-refractivity contribution in [2.45, 2.75) is 24.7 Å². The minimum atomic E-state index is -0.447. The van der Waals surface area contributed by atoms with Crippen LogP contribution in [0.2, 0.25) is 0 Å². The number of benzene rings is 1. The van der Waals surface area contributed by atoms with E-state index in [-0.39, 0.29) is 19.0 Å². The summed E-state index contributed by atoms with van der Waals surface area (Å²) in [5, 5.41) is 0. The molecule has 1 aromatic carbocycles. The van der Waals surface area contributed by atoms with Gasteiger partial charge in [0.15, 0.2) is 11.5 Å². The minimum absolute atomic E-state index is 0.116. The number of halogens is 1. The van der Waals surface area contributed by atoms with Crippen LogP contribution in [0.15, 0.2) is 36.5 Å². The van der Waals surface area contributed by atoms with Crippen molar-refractivity contribution in [3.63, 3.8) is 0 Å². The first-order valence-electron chi connectivity index (χ1n) is 7.21. The largest absolute Gasteiger partial charge is 0.454 e. The molecule has 0 amide bonds. The van der Waals surface area contributed by atoms with Crippen LogP contribution in [0.3, 0.4) is 0 Å². The summed E-state index contributed by atoms with van der Waals surface area (Å²) in [6.45, 7) is 0.221. The molecule has 2 aromatic rings. The van der Waals surface area contributed by atoms with Gasteiger partial charge in [0.1, 0.15) is 11.6 Å². The Bertz CT molecular complexity index is 738. The van der Waals surface area contributed by atoms with Crippen LogP contribution < -0.4 is 9.47 Å². The molecular weight excluding hydrogens is 285 g/mol. The lowest BCUT2D eigenvalue weighted by molar-refractivity contribution is -0.120. The predicted octanol–water partition coefficient (Wildman–Crippen LogP) is 2.79. The fourth-order valence-corrected chi connectivity index (χ4v) is 2.89. The molecule has 0 atom stereocenters. The van der Waals surface area contributed by atoms with E-state index in [1.165, 1.54) is 6.07 Å². The summed E-state index contributed by atoms with van der Waals surface area (Å²) >= 11 is 0. The molecule has 1 fully saturated rings. The van der Waals surface area contributed by atoms with Crippen molar-refractivity contribution >= 4 is 5.78 Å². The summed E-state index contributed by atoms with van der Waals surface area (Å²) in [5.74, 6) is 1.13. The molecule has 1 saturated carbocycles. The number of rotatable bonds is 4. The lowest BCUT2D eigenvalue weighted by Crippen LogP contribution is -2.22. The number of hydrogen-bond acceptors (Lipinski definition) is 4. The van der Waals surface area contributed by atoms with E-state index in [4.69, 9.17) is 9.47 Å². The number of pyridine rings is 1. The normalized spacial score (nSPS) is 17.3. The monoisotopic (exact) mass is 299 g/mol. The van der Waals surface area contributed by atoms with Crippen molar-refractivity contribution in [3.8, 4) is 11.5 Å². The Morgan fingerprint density at radius 3 is 2.73 bits per heavy atom. The van der Waals surface area contributed by atoms with E-state index >= 15 is 0 Å². The molecular formula is C17H14FNO3. The average molecular weight is 299 g/mol. The molecule has 112 valence electrons. The molecule has 0 bridgehead atoms. The fraction of sp³-hybridized carbons (Fsp3) is 0.294. The summed E-state index contributed by atoms with van der Waals surface area (Å²) < 4.78 is 23.6. The molecule has 22 heavy (non-hydrogen) atoms. The summed E-state index contributed by atoms with van der Waals surface area (Å²) in [6.07, 6.45) is 3.01. The highest BCUT2D eigenvalue weighted by atomic mass is 19.1. The van der Waals surface area contributed by atoms with Gasteiger partial charge in [0.05, 0.1) is 11.6 Å². The molecule has 5 heteroatoms. The molecule has 1 aliphatic heterocycles. The van der Waals surface area contributed by atoms with Gasteiger partial charge in [0.25, 0.3) is 0 Å². The highest BCUT2D eigenvalue weighted by Gasteiger charge is 2.50. The molecule has 0 saturated heterocycles. The first-order chi connectivity index (χ1) is 10.7. The molecule has 0 unspecified atom stereocenters. The second kappa shape index (κ2) is 4.80. The lowest BCUT2D eigenvalue weighted by atomic mass is 9.88. The highest BCUT2D eigenvalue weighted by molar-refractivity contribution is 5.94. The Morgan fingerprint density at radius 2 is 2.00 bits per heavy atom. The Hall–Kier alpha value is -2.43. The molecule has 0 radical (unpaired) electrons. The number of Topliss-reactive ketones (excluding diaryl/α,β-unsaturated/α-hetero) is 1. The van der Waals surface area contributed by atoms with Crippen molar-refractivity contribution < 1.29 is 18.7 Å². The van der Waals surface area contributed by atoms with Crippen molar-refractivity contribution in [1.82, 2.24) is 4.98 Å². The quantitative estimate of drug-likeness (QED) is 0.871. The van der Waals surface area contributed by atoms with E-state index in [2.05, 4.69) is 4.98 Å². The Morgan fingerprint density at radius 1 is 1.18 bits per heavy atom. The van der Waals surface area contributed by atoms with Gasteiger partial charge in [-0.3, -0.25) is 9.78 Å². The Balaban J connectivity index is 1.58. The van der Waals surface area contributed by atoms with E-state index in [1.54, 1.807) is 6.07 Å². The third-order valence-electron chi connectivity index (χ3n) is 4.34. The van der Waals surface area contributed by atoms with Crippen LogP contribution in [0.4, 0.5) is 4.39 Å². The van der Waals surface area contributed by atoms with Crippen molar-refractivity contribution in [3.05, 3.63) is 53.6 Å². The van der Waals surface area contributed by atoms with Gasteiger partial charge in [-0.15, -0.1) is 0 Å². The van der Waals surface area contributed by atoms with Gasteiger partial charge in [-0.2, -0.15) is 0 Å². The molecule has 4 nitrogen and oxygen atoms in total. The van der Waals surface area contributed by atoms with Crippen LogP contribution in [-0.4, -0.2) is 17.6 Å². The van der Waals surface area contributed by atoms with Gasteiger partial charge < -0.3 is 9.47 Å². The van der Waals surface area contributed by atoms with Gasteiger partial charge in [-0.25, -0.2) is 4.39 Å². The summed E-state index contributed by atoms with van der Waals surface area (Å²) in [7, 11) is 0. The third kappa shape index (κ3) is 2.13. The molecule has 4 rings (SSSR count). The maximum Gasteiger partial charge on any atom is 0.231 e. The van der Waals surface area contributed by atoms with Crippen molar-refractivity contribution in [1.29, 1.82) is 0 Å². The maximum absolute atomic E-state index is 12.9. The van der Waals surface area contributed by atoms with E-state index in [0.717, 1.165) is 24.6 Å². The van der Waals surface area contributed by atoms with Crippen LogP contribution in [-0.2, 0) is 16.6 Å². The lowest BCUT2D eigenvalue weighted by Gasteiger charge is -2.15. The third-order valence-corrected chi connectivity index (χ3v) is 4.34. The topological polar surface area (TPSA) is 48.4 Å². The SMILES string of the molecule is O=C(Cc1ccc(F)cn1)C1(c2ccc3c(c2)OCO3)CC1. The summed E-state index contributed by atoms with van der Waals surface area (Å²) in [6, 6.07) is 8.56. The van der Waals surface area contributed by atoms with Gasteiger partial charge in [-0.05, 0) is 42.7 Å². The number of ketones is 1. The zero-order valence-corrected chi connectivity index (χ0v) is 11.8. The number of hydrogen-bond donors (Lipinski definition) is 0. The standard InChI is InChI=1S/C17H14FNO3/c18-12-2-3-13(19-9-12)8-16(20)17(5-6-17)11-1-4-14-15(7-11)22-10-21-14/h1-4,7,9H,5-6,8,10H2. The summed E-state index contributed by atoms with van der Waals surface area (Å²) in [4.78, 5) is 16.6.